The predicted molar refractivity (Wildman–Crippen MR) is 98.1 cm³/mol. The molecule has 10 heteroatoms. The second kappa shape index (κ2) is 9.88. The zero-order valence-electron chi connectivity index (χ0n) is 15.4. The van der Waals surface area contributed by atoms with Crippen molar-refractivity contribution in [3.05, 3.63) is 29.8 Å². The Morgan fingerprint density at radius 2 is 2.04 bits per heavy atom. The highest BCUT2D eigenvalue weighted by Crippen LogP contribution is 2.30. The summed E-state index contributed by atoms with van der Waals surface area (Å²) < 4.78 is 38.3. The smallest absolute Gasteiger partial charge is 0.320 e. The number of carbonyl (C=O) groups is 1. The quantitative estimate of drug-likeness (QED) is 0.400. The molecule has 27 heavy (non-hydrogen) atoms. The highest BCUT2D eigenvalue weighted by molar-refractivity contribution is 5.89. The SMILES string of the molecule is CNCCCNC1CC(C)NC(NC(=O)Nc2cccc(C(F)(F)F)c2)N1. The van der Waals surface area contributed by atoms with Gasteiger partial charge in [0.1, 0.15) is 6.29 Å². The van der Waals surface area contributed by atoms with E-state index in [1.54, 1.807) is 0 Å². The van der Waals surface area contributed by atoms with Gasteiger partial charge in [-0.3, -0.25) is 10.6 Å². The summed E-state index contributed by atoms with van der Waals surface area (Å²) in [4.78, 5) is 12.1. The number of nitrogens with one attached hydrogen (secondary N) is 6. The Balaban J connectivity index is 1.85. The maximum atomic E-state index is 12.8. The van der Waals surface area contributed by atoms with Gasteiger partial charge in [-0.05, 0) is 58.1 Å². The first-order chi connectivity index (χ1) is 12.8. The minimum atomic E-state index is -4.46. The first kappa shape index (κ1) is 21.4. The monoisotopic (exact) mass is 388 g/mol. The summed E-state index contributed by atoms with van der Waals surface area (Å²) in [6.45, 7) is 3.74. The van der Waals surface area contributed by atoms with E-state index < -0.39 is 24.1 Å². The van der Waals surface area contributed by atoms with Crippen molar-refractivity contribution in [3.63, 3.8) is 0 Å². The van der Waals surface area contributed by atoms with Crippen LogP contribution >= 0.6 is 0 Å². The van der Waals surface area contributed by atoms with E-state index in [0.29, 0.717) is 0 Å². The largest absolute Gasteiger partial charge is 0.416 e. The molecule has 1 aromatic rings. The van der Waals surface area contributed by atoms with Gasteiger partial charge < -0.3 is 21.3 Å². The summed E-state index contributed by atoms with van der Waals surface area (Å²) in [5, 5.41) is 18.0. The fourth-order valence-corrected chi connectivity index (χ4v) is 2.86. The first-order valence-electron chi connectivity index (χ1n) is 8.93. The lowest BCUT2D eigenvalue weighted by atomic mass is 10.1. The van der Waals surface area contributed by atoms with Gasteiger partial charge in [-0.15, -0.1) is 0 Å². The molecule has 0 saturated carbocycles. The van der Waals surface area contributed by atoms with Crippen LogP contribution in [0.2, 0.25) is 0 Å². The van der Waals surface area contributed by atoms with Crippen molar-refractivity contribution in [2.75, 3.05) is 25.5 Å². The molecule has 1 fully saturated rings. The molecule has 1 aliphatic rings. The fourth-order valence-electron chi connectivity index (χ4n) is 2.86. The van der Waals surface area contributed by atoms with E-state index in [9.17, 15) is 18.0 Å². The number of amides is 2. The minimum absolute atomic E-state index is 0.0250. The maximum Gasteiger partial charge on any atom is 0.416 e. The number of anilines is 1. The molecule has 2 rings (SSSR count). The van der Waals surface area contributed by atoms with E-state index in [1.165, 1.54) is 12.1 Å². The predicted octanol–water partition coefficient (Wildman–Crippen LogP) is 1.61. The highest BCUT2D eigenvalue weighted by Gasteiger charge is 2.30. The number of carbonyl (C=O) groups excluding carboxylic acids is 1. The molecule has 0 radical (unpaired) electrons. The second-order valence-electron chi connectivity index (χ2n) is 6.54. The summed E-state index contributed by atoms with van der Waals surface area (Å²) in [7, 11) is 1.90. The normalized spacial score (nSPS) is 23.1. The van der Waals surface area contributed by atoms with Gasteiger partial charge in [-0.1, -0.05) is 6.07 Å². The van der Waals surface area contributed by atoms with Crippen molar-refractivity contribution < 1.29 is 18.0 Å². The molecule has 1 aliphatic heterocycles. The van der Waals surface area contributed by atoms with Gasteiger partial charge in [0.25, 0.3) is 0 Å². The summed E-state index contributed by atoms with van der Waals surface area (Å²) in [6, 6.07) is 4.08. The Labute approximate surface area is 156 Å². The third-order valence-corrected chi connectivity index (χ3v) is 4.13. The average molecular weight is 388 g/mol. The van der Waals surface area contributed by atoms with Crippen molar-refractivity contribution in [2.24, 2.45) is 0 Å². The van der Waals surface area contributed by atoms with E-state index in [2.05, 4.69) is 31.9 Å². The summed E-state index contributed by atoms with van der Waals surface area (Å²) in [5.74, 6) is 0. The molecule has 3 atom stereocenters. The topological polar surface area (TPSA) is 89.2 Å². The van der Waals surface area contributed by atoms with E-state index in [1.807, 2.05) is 14.0 Å². The van der Waals surface area contributed by atoms with Gasteiger partial charge in [0.05, 0.1) is 11.7 Å². The van der Waals surface area contributed by atoms with Crippen molar-refractivity contribution in [3.8, 4) is 0 Å². The second-order valence-corrected chi connectivity index (χ2v) is 6.54. The molecule has 6 N–H and O–H groups in total. The Morgan fingerprint density at radius 1 is 1.26 bits per heavy atom. The molecule has 0 aliphatic carbocycles. The van der Waals surface area contributed by atoms with Crippen LogP contribution in [0.25, 0.3) is 0 Å². The van der Waals surface area contributed by atoms with Crippen molar-refractivity contribution in [1.82, 2.24) is 26.6 Å². The number of hydrogen-bond donors (Lipinski definition) is 6. The third-order valence-electron chi connectivity index (χ3n) is 4.13. The van der Waals surface area contributed by atoms with Crippen LogP contribution in [0.3, 0.4) is 0 Å². The van der Waals surface area contributed by atoms with Crippen LogP contribution < -0.4 is 31.9 Å². The minimum Gasteiger partial charge on any atom is -0.320 e. The molecule has 0 aromatic heterocycles. The van der Waals surface area contributed by atoms with Crippen LogP contribution in [0.4, 0.5) is 23.7 Å². The lowest BCUT2D eigenvalue weighted by molar-refractivity contribution is -0.137. The lowest BCUT2D eigenvalue weighted by Gasteiger charge is -2.36. The van der Waals surface area contributed by atoms with Crippen LogP contribution in [0.1, 0.15) is 25.3 Å². The van der Waals surface area contributed by atoms with Gasteiger partial charge in [0.15, 0.2) is 0 Å². The van der Waals surface area contributed by atoms with Crippen LogP contribution in [0, 0.1) is 0 Å². The molecule has 0 bridgehead atoms. The van der Waals surface area contributed by atoms with Crippen molar-refractivity contribution >= 4 is 11.7 Å². The average Bonchev–Trinajstić information content (AvgIpc) is 2.57. The van der Waals surface area contributed by atoms with Crippen molar-refractivity contribution in [1.29, 1.82) is 0 Å². The van der Waals surface area contributed by atoms with Crippen LogP contribution in [0.15, 0.2) is 24.3 Å². The Hall–Kier alpha value is -1.88. The van der Waals surface area contributed by atoms with Gasteiger partial charge in [0.2, 0.25) is 0 Å². The Bertz CT molecular complexity index is 613. The third kappa shape index (κ3) is 7.33. The maximum absolute atomic E-state index is 12.8. The fraction of sp³-hybridized carbons (Fsp3) is 0.588. The van der Waals surface area contributed by atoms with Crippen LogP contribution in [-0.4, -0.2) is 44.7 Å². The zero-order valence-corrected chi connectivity index (χ0v) is 15.4. The number of urea groups is 1. The first-order valence-corrected chi connectivity index (χ1v) is 8.93. The summed E-state index contributed by atoms with van der Waals surface area (Å²) in [5.41, 5.74) is -0.735. The molecule has 1 saturated heterocycles. The molecule has 0 spiro atoms. The van der Waals surface area contributed by atoms with Crippen molar-refractivity contribution in [2.45, 2.75) is 44.4 Å². The van der Waals surface area contributed by atoms with Gasteiger partial charge in [-0.25, -0.2) is 4.79 Å². The molecule has 3 unspecified atom stereocenters. The number of benzene rings is 1. The molecule has 1 heterocycles. The van der Waals surface area contributed by atoms with E-state index >= 15 is 0 Å². The molecule has 152 valence electrons. The van der Waals surface area contributed by atoms with E-state index in [0.717, 1.165) is 38.1 Å². The number of halogens is 3. The Kier molecular flexibility index (Phi) is 7.84. The number of hydrogen-bond acceptors (Lipinski definition) is 5. The van der Waals surface area contributed by atoms with Gasteiger partial charge in [-0.2, -0.15) is 13.2 Å². The van der Waals surface area contributed by atoms with Crippen LogP contribution in [0.5, 0.6) is 0 Å². The van der Waals surface area contributed by atoms with Gasteiger partial charge >= 0.3 is 12.2 Å². The molecular weight excluding hydrogens is 361 g/mol. The van der Waals surface area contributed by atoms with E-state index in [4.69, 9.17) is 0 Å². The highest BCUT2D eigenvalue weighted by atomic mass is 19.4. The molecule has 2 amide bonds. The lowest BCUT2D eigenvalue weighted by Crippen LogP contribution is -2.67. The molecule has 1 aromatic carbocycles. The number of alkyl halides is 3. The summed E-state index contributed by atoms with van der Waals surface area (Å²) in [6.07, 6.45) is -3.11. The zero-order chi connectivity index (χ0) is 19.9. The molecule has 7 nitrogen and oxygen atoms in total. The standard InChI is InChI=1S/C17H27F3N6O/c1-11-9-14(22-8-4-7-21-2)25-15(23-11)26-16(27)24-13-6-3-5-12(10-13)17(18,19)20/h3,5-6,10-11,14-15,21-23,25H,4,7-9H2,1-2H3,(H2,24,26,27). The number of rotatable bonds is 7. The molecular formula is C17H27F3N6O. The van der Waals surface area contributed by atoms with Gasteiger partial charge in [0, 0.05) is 11.7 Å². The summed E-state index contributed by atoms with van der Waals surface area (Å²) >= 11 is 0. The van der Waals surface area contributed by atoms with E-state index in [-0.39, 0.29) is 17.9 Å². The van der Waals surface area contributed by atoms with Crippen LogP contribution in [-0.2, 0) is 6.18 Å². The Morgan fingerprint density at radius 3 is 2.74 bits per heavy atom.